The van der Waals surface area contributed by atoms with Crippen molar-refractivity contribution >= 4 is 34.2 Å². The Morgan fingerprint density at radius 1 is 1.13 bits per heavy atom. The van der Waals surface area contributed by atoms with Crippen molar-refractivity contribution in [2.45, 2.75) is 40.2 Å². The first-order valence-electron chi connectivity index (χ1n) is 10.5. The Hall–Kier alpha value is -2.66. The standard InChI is InChI=1S/C24H29ClN4O/c1-4-22-27-21-14-19(25)10-11-20(21)24(28-22)29(16-18-8-6-5-7-9-18)13-12-23(30)26-15-17(2)3/h5-11,14,17H,4,12-13,15-16H2,1-3H3,(H,26,30). The Balaban J connectivity index is 1.93. The van der Waals surface area contributed by atoms with E-state index in [4.69, 9.17) is 16.6 Å². The van der Waals surface area contributed by atoms with E-state index in [1.165, 1.54) is 5.56 Å². The van der Waals surface area contributed by atoms with Crippen LogP contribution < -0.4 is 10.2 Å². The van der Waals surface area contributed by atoms with Crippen molar-refractivity contribution in [3.05, 3.63) is 64.9 Å². The number of amides is 1. The molecule has 3 aromatic rings. The zero-order valence-electron chi connectivity index (χ0n) is 17.9. The van der Waals surface area contributed by atoms with Gasteiger partial charge < -0.3 is 10.2 Å². The number of hydrogen-bond donors (Lipinski definition) is 1. The van der Waals surface area contributed by atoms with Gasteiger partial charge in [0, 0.05) is 42.9 Å². The zero-order valence-corrected chi connectivity index (χ0v) is 18.6. The van der Waals surface area contributed by atoms with E-state index in [1.54, 1.807) is 0 Å². The average Bonchev–Trinajstić information content (AvgIpc) is 2.74. The maximum atomic E-state index is 12.4. The van der Waals surface area contributed by atoms with E-state index in [9.17, 15) is 4.79 Å². The van der Waals surface area contributed by atoms with Crippen molar-refractivity contribution in [2.75, 3.05) is 18.0 Å². The van der Waals surface area contributed by atoms with Gasteiger partial charge in [-0.1, -0.05) is 62.7 Å². The van der Waals surface area contributed by atoms with E-state index in [0.29, 0.717) is 37.0 Å². The summed E-state index contributed by atoms with van der Waals surface area (Å²) in [5.74, 6) is 2.09. The van der Waals surface area contributed by atoms with Crippen molar-refractivity contribution in [2.24, 2.45) is 5.92 Å². The number of halogens is 1. The fourth-order valence-electron chi connectivity index (χ4n) is 3.24. The van der Waals surface area contributed by atoms with E-state index in [1.807, 2.05) is 43.3 Å². The fraction of sp³-hybridized carbons (Fsp3) is 0.375. The third-order valence-corrected chi connectivity index (χ3v) is 5.07. The molecule has 1 amide bonds. The van der Waals surface area contributed by atoms with Gasteiger partial charge in [-0.05, 0) is 29.7 Å². The van der Waals surface area contributed by atoms with E-state index < -0.39 is 0 Å². The lowest BCUT2D eigenvalue weighted by atomic mass is 10.1. The number of aromatic nitrogens is 2. The first-order valence-corrected chi connectivity index (χ1v) is 10.9. The van der Waals surface area contributed by atoms with Crippen LogP contribution in [0.2, 0.25) is 5.02 Å². The first-order chi connectivity index (χ1) is 14.5. The van der Waals surface area contributed by atoms with Gasteiger partial charge in [0.2, 0.25) is 5.91 Å². The Kier molecular flexibility index (Phi) is 7.63. The van der Waals surface area contributed by atoms with Gasteiger partial charge >= 0.3 is 0 Å². The van der Waals surface area contributed by atoms with Gasteiger partial charge in [-0.2, -0.15) is 0 Å². The molecule has 0 bridgehead atoms. The molecule has 30 heavy (non-hydrogen) atoms. The highest BCUT2D eigenvalue weighted by Crippen LogP contribution is 2.28. The molecule has 158 valence electrons. The molecule has 0 saturated carbocycles. The summed E-state index contributed by atoms with van der Waals surface area (Å²) in [7, 11) is 0. The van der Waals surface area contributed by atoms with Gasteiger partial charge in [0.25, 0.3) is 0 Å². The van der Waals surface area contributed by atoms with E-state index in [-0.39, 0.29) is 5.91 Å². The summed E-state index contributed by atoms with van der Waals surface area (Å²) in [4.78, 5) is 24.0. The largest absolute Gasteiger partial charge is 0.356 e. The molecule has 0 aliphatic rings. The number of fused-ring (bicyclic) bond motifs is 1. The first kappa shape index (κ1) is 22.0. The summed E-state index contributed by atoms with van der Waals surface area (Å²) in [5.41, 5.74) is 1.99. The minimum absolute atomic E-state index is 0.0545. The number of benzene rings is 2. The molecule has 6 heteroatoms. The molecule has 1 aromatic heterocycles. The van der Waals surface area contributed by atoms with Crippen LogP contribution in [0.25, 0.3) is 10.9 Å². The normalized spacial score (nSPS) is 11.1. The number of aryl methyl sites for hydroxylation is 1. The van der Waals surface area contributed by atoms with E-state index >= 15 is 0 Å². The minimum Gasteiger partial charge on any atom is -0.356 e. The number of nitrogens with one attached hydrogen (secondary N) is 1. The number of rotatable bonds is 9. The number of carbonyl (C=O) groups excluding carboxylic acids is 1. The zero-order chi connectivity index (χ0) is 21.5. The number of carbonyl (C=O) groups is 1. The molecule has 1 heterocycles. The molecule has 0 spiro atoms. The molecule has 0 atom stereocenters. The SMILES string of the molecule is CCc1nc(N(CCC(=O)NCC(C)C)Cc2ccccc2)c2ccc(Cl)cc2n1. The molecule has 0 fully saturated rings. The molecule has 0 saturated heterocycles. The third kappa shape index (κ3) is 5.92. The van der Waals surface area contributed by atoms with Crippen LogP contribution in [0.1, 0.15) is 38.6 Å². The smallest absolute Gasteiger partial charge is 0.221 e. The molecule has 2 aromatic carbocycles. The Bertz CT molecular complexity index is 991. The Labute approximate surface area is 183 Å². The quantitative estimate of drug-likeness (QED) is 0.524. The number of anilines is 1. The predicted molar refractivity (Wildman–Crippen MR) is 124 cm³/mol. The van der Waals surface area contributed by atoms with Gasteiger partial charge in [-0.3, -0.25) is 4.79 Å². The van der Waals surface area contributed by atoms with Crippen LogP contribution in [0.3, 0.4) is 0 Å². The highest BCUT2D eigenvalue weighted by molar-refractivity contribution is 6.31. The highest BCUT2D eigenvalue weighted by atomic mass is 35.5. The molecule has 3 rings (SSSR count). The van der Waals surface area contributed by atoms with E-state index in [2.05, 4.69) is 41.2 Å². The molecular formula is C24H29ClN4O. The molecular weight excluding hydrogens is 396 g/mol. The molecule has 0 radical (unpaired) electrons. The maximum absolute atomic E-state index is 12.4. The van der Waals surface area contributed by atoms with Crippen LogP contribution in [0.15, 0.2) is 48.5 Å². The molecule has 0 unspecified atom stereocenters. The highest BCUT2D eigenvalue weighted by Gasteiger charge is 2.17. The Morgan fingerprint density at radius 3 is 2.60 bits per heavy atom. The summed E-state index contributed by atoms with van der Waals surface area (Å²) >= 11 is 6.21. The van der Waals surface area contributed by atoms with Gasteiger partial charge in [0.15, 0.2) is 0 Å². The summed E-state index contributed by atoms with van der Waals surface area (Å²) < 4.78 is 0. The van der Waals surface area contributed by atoms with Gasteiger partial charge in [-0.15, -0.1) is 0 Å². The molecule has 5 nitrogen and oxygen atoms in total. The second-order valence-corrected chi connectivity index (χ2v) is 8.27. The van der Waals surface area contributed by atoms with Gasteiger partial charge in [-0.25, -0.2) is 9.97 Å². The van der Waals surface area contributed by atoms with E-state index in [0.717, 1.165) is 29.0 Å². The van der Waals surface area contributed by atoms with Gasteiger partial charge in [0.05, 0.1) is 5.52 Å². The summed E-state index contributed by atoms with van der Waals surface area (Å²) in [5, 5.41) is 4.59. The topological polar surface area (TPSA) is 58.1 Å². The number of nitrogens with zero attached hydrogens (tertiary/aromatic N) is 3. The van der Waals surface area contributed by atoms with Crippen molar-refractivity contribution in [3.63, 3.8) is 0 Å². The summed E-state index contributed by atoms with van der Waals surface area (Å²) in [6.45, 7) is 8.13. The van der Waals surface area contributed by atoms with Crippen molar-refractivity contribution < 1.29 is 4.79 Å². The van der Waals surface area contributed by atoms with Crippen LogP contribution >= 0.6 is 11.6 Å². The minimum atomic E-state index is 0.0545. The predicted octanol–water partition coefficient (Wildman–Crippen LogP) is 5.01. The second-order valence-electron chi connectivity index (χ2n) is 7.83. The van der Waals surface area contributed by atoms with Crippen LogP contribution in [0.4, 0.5) is 5.82 Å². The molecule has 0 aliphatic carbocycles. The van der Waals surface area contributed by atoms with Gasteiger partial charge in [0.1, 0.15) is 11.6 Å². The summed E-state index contributed by atoms with van der Waals surface area (Å²) in [6.07, 6.45) is 1.13. The van der Waals surface area contributed by atoms with Crippen LogP contribution in [-0.4, -0.2) is 29.0 Å². The molecule has 0 aliphatic heterocycles. The monoisotopic (exact) mass is 424 g/mol. The van der Waals surface area contributed by atoms with Crippen LogP contribution in [-0.2, 0) is 17.8 Å². The maximum Gasteiger partial charge on any atom is 0.221 e. The third-order valence-electron chi connectivity index (χ3n) is 4.83. The average molecular weight is 425 g/mol. The molecule has 1 N–H and O–H groups in total. The number of hydrogen-bond acceptors (Lipinski definition) is 4. The second kappa shape index (κ2) is 10.4. The van der Waals surface area contributed by atoms with Crippen LogP contribution in [0.5, 0.6) is 0 Å². The van der Waals surface area contributed by atoms with Crippen molar-refractivity contribution in [1.82, 2.24) is 15.3 Å². The van der Waals surface area contributed by atoms with Crippen molar-refractivity contribution in [1.29, 1.82) is 0 Å². The fourth-order valence-corrected chi connectivity index (χ4v) is 3.40. The van der Waals surface area contributed by atoms with Crippen molar-refractivity contribution in [3.8, 4) is 0 Å². The lowest BCUT2D eigenvalue weighted by Gasteiger charge is -2.25. The lowest BCUT2D eigenvalue weighted by Crippen LogP contribution is -2.33. The van der Waals surface area contributed by atoms with Crippen LogP contribution in [0, 0.1) is 5.92 Å². The lowest BCUT2D eigenvalue weighted by molar-refractivity contribution is -0.121. The summed E-state index contributed by atoms with van der Waals surface area (Å²) in [6, 6.07) is 15.9. The Morgan fingerprint density at radius 2 is 1.90 bits per heavy atom.